The number of nitrogens with one attached hydrogen (secondary N) is 1. The van der Waals surface area contributed by atoms with Crippen LogP contribution in [0.1, 0.15) is 36.0 Å². The molecule has 1 aromatic carbocycles. The van der Waals surface area contributed by atoms with Crippen LogP contribution in [0.5, 0.6) is 0 Å². The standard InChI is InChI=1S/C15H22N2O2S/c1-19-15(18)11-9-10(16)7-8-12(11)17-13-5-3-4-6-14(13)20-2/h7-9,13-14,17H,3-6,16H2,1-2H3. The van der Waals surface area contributed by atoms with E-state index < -0.39 is 0 Å². The lowest BCUT2D eigenvalue weighted by Gasteiger charge is -2.32. The molecule has 0 aromatic heterocycles. The first-order valence-electron chi connectivity index (χ1n) is 6.93. The van der Waals surface area contributed by atoms with E-state index in [-0.39, 0.29) is 5.97 Å². The van der Waals surface area contributed by atoms with Crippen LogP contribution in [0.15, 0.2) is 18.2 Å². The average Bonchev–Trinajstić information content (AvgIpc) is 2.48. The van der Waals surface area contributed by atoms with Crippen molar-refractivity contribution < 1.29 is 9.53 Å². The van der Waals surface area contributed by atoms with Gasteiger partial charge < -0.3 is 15.8 Å². The Labute approximate surface area is 124 Å². The molecule has 2 unspecified atom stereocenters. The molecule has 0 radical (unpaired) electrons. The highest BCUT2D eigenvalue weighted by Gasteiger charge is 2.25. The van der Waals surface area contributed by atoms with Crippen molar-refractivity contribution >= 4 is 29.1 Å². The third-order valence-corrected chi connectivity index (χ3v) is 4.96. The number of benzene rings is 1. The molecule has 0 heterocycles. The zero-order valence-corrected chi connectivity index (χ0v) is 12.8. The van der Waals surface area contributed by atoms with E-state index >= 15 is 0 Å². The number of nitrogen functional groups attached to an aromatic ring is 1. The van der Waals surface area contributed by atoms with E-state index in [2.05, 4.69) is 11.6 Å². The maximum absolute atomic E-state index is 11.9. The normalized spacial score (nSPS) is 22.3. The Morgan fingerprint density at radius 2 is 2.15 bits per heavy atom. The lowest BCUT2D eigenvalue weighted by Crippen LogP contribution is -2.34. The van der Waals surface area contributed by atoms with Crippen molar-refractivity contribution in [1.82, 2.24) is 0 Å². The molecule has 1 aliphatic carbocycles. The number of carbonyl (C=O) groups excluding carboxylic acids is 1. The van der Waals surface area contributed by atoms with Crippen molar-refractivity contribution in [1.29, 1.82) is 0 Å². The first-order valence-corrected chi connectivity index (χ1v) is 8.21. The highest BCUT2D eigenvalue weighted by molar-refractivity contribution is 7.99. The number of esters is 1. The van der Waals surface area contributed by atoms with Gasteiger partial charge in [0.25, 0.3) is 0 Å². The molecule has 2 rings (SSSR count). The third kappa shape index (κ3) is 3.39. The number of rotatable bonds is 4. The molecule has 3 N–H and O–H groups in total. The quantitative estimate of drug-likeness (QED) is 0.660. The van der Waals surface area contributed by atoms with Crippen LogP contribution in [-0.4, -0.2) is 30.6 Å². The van der Waals surface area contributed by atoms with Gasteiger partial charge in [0.15, 0.2) is 0 Å². The maximum atomic E-state index is 11.9. The van der Waals surface area contributed by atoms with Gasteiger partial charge in [0.1, 0.15) is 0 Å². The summed E-state index contributed by atoms with van der Waals surface area (Å²) < 4.78 is 4.83. The maximum Gasteiger partial charge on any atom is 0.340 e. The van der Waals surface area contributed by atoms with Crippen LogP contribution in [0.3, 0.4) is 0 Å². The fourth-order valence-corrected chi connectivity index (χ4v) is 3.65. The average molecular weight is 294 g/mol. The van der Waals surface area contributed by atoms with E-state index in [1.165, 1.54) is 26.4 Å². The van der Waals surface area contributed by atoms with Crippen molar-refractivity contribution in [2.75, 3.05) is 24.4 Å². The third-order valence-electron chi connectivity index (χ3n) is 3.80. The topological polar surface area (TPSA) is 64.3 Å². The van der Waals surface area contributed by atoms with E-state index in [9.17, 15) is 4.79 Å². The van der Waals surface area contributed by atoms with Gasteiger partial charge in [-0.2, -0.15) is 11.8 Å². The molecule has 4 nitrogen and oxygen atoms in total. The summed E-state index contributed by atoms with van der Waals surface area (Å²) in [6, 6.07) is 5.75. The summed E-state index contributed by atoms with van der Waals surface area (Å²) in [5.74, 6) is -0.351. The molecule has 0 amide bonds. The second-order valence-corrected chi connectivity index (χ2v) is 6.18. The fourth-order valence-electron chi connectivity index (χ4n) is 2.71. The van der Waals surface area contributed by atoms with Gasteiger partial charge in [-0.1, -0.05) is 12.8 Å². The fraction of sp³-hybridized carbons (Fsp3) is 0.533. The predicted octanol–water partition coefficient (Wildman–Crippen LogP) is 3.14. The van der Waals surface area contributed by atoms with Gasteiger partial charge in [-0.25, -0.2) is 4.79 Å². The highest BCUT2D eigenvalue weighted by Crippen LogP contribution is 2.31. The molecule has 5 heteroatoms. The number of ether oxygens (including phenoxy) is 1. The van der Waals surface area contributed by atoms with Crippen LogP contribution >= 0.6 is 11.8 Å². The SMILES string of the molecule is COC(=O)c1cc(N)ccc1NC1CCCCC1SC. The molecule has 20 heavy (non-hydrogen) atoms. The van der Waals surface area contributed by atoms with Crippen LogP contribution < -0.4 is 11.1 Å². The van der Waals surface area contributed by atoms with Gasteiger partial charge in [0, 0.05) is 22.7 Å². The molecule has 110 valence electrons. The Morgan fingerprint density at radius 1 is 1.40 bits per heavy atom. The minimum atomic E-state index is -0.351. The Hall–Kier alpha value is -1.36. The van der Waals surface area contributed by atoms with Crippen molar-refractivity contribution in [2.45, 2.75) is 37.0 Å². The van der Waals surface area contributed by atoms with Crippen LogP contribution in [0.4, 0.5) is 11.4 Å². The smallest absolute Gasteiger partial charge is 0.340 e. The molecular weight excluding hydrogens is 272 g/mol. The van der Waals surface area contributed by atoms with E-state index in [0.717, 1.165) is 12.1 Å². The van der Waals surface area contributed by atoms with Crippen LogP contribution in [0.2, 0.25) is 0 Å². The molecule has 1 saturated carbocycles. The Bertz CT molecular complexity index is 479. The monoisotopic (exact) mass is 294 g/mol. The van der Waals surface area contributed by atoms with Gasteiger partial charge in [0.05, 0.1) is 12.7 Å². The van der Waals surface area contributed by atoms with Gasteiger partial charge in [0.2, 0.25) is 0 Å². The minimum absolute atomic E-state index is 0.351. The second-order valence-electron chi connectivity index (χ2n) is 5.11. The summed E-state index contributed by atoms with van der Waals surface area (Å²) in [6.07, 6.45) is 7.03. The van der Waals surface area contributed by atoms with Gasteiger partial charge in [-0.15, -0.1) is 0 Å². The molecule has 2 atom stereocenters. The number of thioether (sulfide) groups is 1. The number of anilines is 2. The molecule has 1 aliphatic rings. The number of hydrogen-bond donors (Lipinski definition) is 2. The van der Waals surface area contributed by atoms with Crippen molar-refractivity contribution in [3.05, 3.63) is 23.8 Å². The number of carbonyl (C=O) groups is 1. The number of methoxy groups -OCH3 is 1. The predicted molar refractivity (Wildman–Crippen MR) is 85.4 cm³/mol. The summed E-state index contributed by atoms with van der Waals surface area (Å²) in [5.41, 5.74) is 7.67. The van der Waals surface area contributed by atoms with Crippen LogP contribution in [0, 0.1) is 0 Å². The first-order chi connectivity index (χ1) is 9.65. The lowest BCUT2D eigenvalue weighted by molar-refractivity contribution is 0.0602. The lowest BCUT2D eigenvalue weighted by atomic mass is 9.94. The highest BCUT2D eigenvalue weighted by atomic mass is 32.2. The number of nitrogens with two attached hydrogens (primary N) is 1. The molecule has 1 aromatic rings. The zero-order chi connectivity index (χ0) is 14.5. The van der Waals surface area contributed by atoms with E-state index in [1.807, 2.05) is 23.9 Å². The van der Waals surface area contributed by atoms with E-state index in [1.54, 1.807) is 6.07 Å². The van der Waals surface area contributed by atoms with Crippen LogP contribution in [0.25, 0.3) is 0 Å². The first kappa shape index (κ1) is 15.0. The number of hydrogen-bond acceptors (Lipinski definition) is 5. The second kappa shape index (κ2) is 6.88. The Kier molecular flexibility index (Phi) is 5.17. The van der Waals surface area contributed by atoms with Gasteiger partial charge >= 0.3 is 5.97 Å². The summed E-state index contributed by atoms with van der Waals surface area (Å²) in [6.45, 7) is 0. The van der Waals surface area contributed by atoms with E-state index in [4.69, 9.17) is 10.5 Å². The molecule has 0 saturated heterocycles. The molecule has 0 bridgehead atoms. The van der Waals surface area contributed by atoms with Crippen molar-refractivity contribution in [3.63, 3.8) is 0 Å². The molecular formula is C15H22N2O2S. The molecule has 0 aliphatic heterocycles. The molecule has 0 spiro atoms. The minimum Gasteiger partial charge on any atom is -0.465 e. The van der Waals surface area contributed by atoms with E-state index in [0.29, 0.717) is 22.5 Å². The zero-order valence-electron chi connectivity index (χ0n) is 12.0. The van der Waals surface area contributed by atoms with Crippen molar-refractivity contribution in [3.8, 4) is 0 Å². The largest absolute Gasteiger partial charge is 0.465 e. The summed E-state index contributed by atoms with van der Waals surface area (Å²) >= 11 is 1.89. The summed E-state index contributed by atoms with van der Waals surface area (Å²) in [7, 11) is 1.39. The molecule has 1 fully saturated rings. The van der Waals surface area contributed by atoms with Gasteiger partial charge in [-0.05, 0) is 37.3 Å². The Morgan fingerprint density at radius 3 is 2.85 bits per heavy atom. The Balaban J connectivity index is 2.21. The van der Waals surface area contributed by atoms with Crippen molar-refractivity contribution in [2.24, 2.45) is 0 Å². The van der Waals surface area contributed by atoms with Crippen LogP contribution in [-0.2, 0) is 4.74 Å². The van der Waals surface area contributed by atoms with Gasteiger partial charge in [-0.3, -0.25) is 0 Å². The summed E-state index contributed by atoms with van der Waals surface area (Å²) in [4.78, 5) is 11.9. The summed E-state index contributed by atoms with van der Waals surface area (Å²) in [5, 5.41) is 4.11.